The van der Waals surface area contributed by atoms with Gasteiger partial charge in [0.15, 0.2) is 0 Å². The van der Waals surface area contributed by atoms with E-state index in [-0.39, 0.29) is 0 Å². The average Bonchev–Trinajstić information content (AvgIpc) is 2.55. The molecule has 4 heteroatoms. The summed E-state index contributed by atoms with van der Waals surface area (Å²) >= 11 is 0. The summed E-state index contributed by atoms with van der Waals surface area (Å²) in [7, 11) is 1.67. The van der Waals surface area contributed by atoms with Crippen molar-refractivity contribution in [2.24, 2.45) is 0 Å². The van der Waals surface area contributed by atoms with Crippen LogP contribution >= 0.6 is 0 Å². The van der Waals surface area contributed by atoms with E-state index >= 15 is 0 Å². The third kappa shape index (κ3) is 3.48. The Morgan fingerprint density at radius 3 is 2.39 bits per heavy atom. The normalized spacial score (nSPS) is 10.4. The van der Waals surface area contributed by atoms with Crippen molar-refractivity contribution in [3.05, 3.63) is 65.9 Å². The van der Waals surface area contributed by atoms with Crippen LogP contribution in [-0.2, 0) is 0 Å². The molecule has 2 aromatic carbocycles. The molecule has 0 fully saturated rings. The smallest absolute Gasteiger partial charge is 0.227 e. The largest absolute Gasteiger partial charge is 0.496 e. The fourth-order valence-corrected chi connectivity index (χ4v) is 2.47. The highest BCUT2D eigenvalue weighted by Crippen LogP contribution is 2.24. The number of benzene rings is 2. The van der Waals surface area contributed by atoms with Crippen LogP contribution in [0.4, 0.5) is 11.6 Å². The number of nitrogens with zero attached hydrogens (tertiary/aromatic N) is 2. The Bertz CT molecular complexity index is 816. The Morgan fingerprint density at radius 1 is 0.913 bits per heavy atom. The zero-order chi connectivity index (χ0) is 16.2. The van der Waals surface area contributed by atoms with Crippen LogP contribution in [0.3, 0.4) is 0 Å². The second-order valence-corrected chi connectivity index (χ2v) is 5.39. The summed E-state index contributed by atoms with van der Waals surface area (Å²) in [6, 6.07) is 18.0. The molecule has 0 spiro atoms. The summed E-state index contributed by atoms with van der Waals surface area (Å²) < 4.78 is 5.29. The molecule has 0 radical (unpaired) electrons. The molecule has 0 unspecified atom stereocenters. The van der Waals surface area contributed by atoms with E-state index in [9.17, 15) is 0 Å². The Labute approximate surface area is 136 Å². The summed E-state index contributed by atoms with van der Waals surface area (Å²) in [5, 5.41) is 3.27. The first-order valence-electron chi connectivity index (χ1n) is 7.48. The molecule has 0 atom stereocenters. The molecule has 3 aromatic rings. The topological polar surface area (TPSA) is 47.0 Å². The molecule has 0 amide bonds. The Balaban J connectivity index is 1.91. The van der Waals surface area contributed by atoms with E-state index in [1.807, 2.05) is 68.4 Å². The lowest BCUT2D eigenvalue weighted by Gasteiger charge is -2.10. The summed E-state index contributed by atoms with van der Waals surface area (Å²) in [6.07, 6.45) is 0. The molecule has 23 heavy (non-hydrogen) atoms. The number of hydrogen-bond acceptors (Lipinski definition) is 4. The number of aryl methyl sites for hydroxylation is 2. The number of methoxy groups -OCH3 is 1. The molecule has 1 aromatic heterocycles. The van der Waals surface area contributed by atoms with Crippen molar-refractivity contribution < 1.29 is 4.74 Å². The van der Waals surface area contributed by atoms with E-state index in [0.717, 1.165) is 34.0 Å². The zero-order valence-electron chi connectivity index (χ0n) is 13.5. The van der Waals surface area contributed by atoms with Crippen LogP contribution in [0.25, 0.3) is 11.3 Å². The van der Waals surface area contributed by atoms with Gasteiger partial charge in [0.05, 0.1) is 12.8 Å². The average molecular weight is 305 g/mol. The van der Waals surface area contributed by atoms with Gasteiger partial charge in [0.2, 0.25) is 5.95 Å². The molecule has 0 aliphatic carbocycles. The predicted octanol–water partition coefficient (Wildman–Crippen LogP) is 4.51. The van der Waals surface area contributed by atoms with E-state index in [0.29, 0.717) is 5.95 Å². The van der Waals surface area contributed by atoms with Gasteiger partial charge in [0.1, 0.15) is 5.75 Å². The molecule has 0 aliphatic rings. The standard InChI is InChI=1S/C19H19N3O/c1-13-11-16(9-10-18(13)23-3)21-19-20-14(2)12-17(22-19)15-7-5-4-6-8-15/h4-12H,1-3H3,(H,20,21,22). The van der Waals surface area contributed by atoms with Gasteiger partial charge in [-0.25, -0.2) is 9.97 Å². The minimum absolute atomic E-state index is 0.591. The predicted molar refractivity (Wildman–Crippen MR) is 93.2 cm³/mol. The van der Waals surface area contributed by atoms with Crippen LogP contribution in [0.1, 0.15) is 11.3 Å². The summed E-state index contributed by atoms with van der Waals surface area (Å²) in [4.78, 5) is 9.09. The molecular formula is C19H19N3O. The lowest BCUT2D eigenvalue weighted by atomic mass is 10.1. The first-order valence-corrected chi connectivity index (χ1v) is 7.48. The first kappa shape index (κ1) is 15.0. The van der Waals surface area contributed by atoms with Gasteiger partial charge in [0.25, 0.3) is 0 Å². The van der Waals surface area contributed by atoms with Crippen molar-refractivity contribution in [1.29, 1.82) is 0 Å². The number of nitrogens with one attached hydrogen (secondary N) is 1. The maximum absolute atomic E-state index is 5.29. The molecule has 3 rings (SSSR count). The molecule has 1 heterocycles. The number of anilines is 2. The highest BCUT2D eigenvalue weighted by Gasteiger charge is 2.06. The molecule has 0 bridgehead atoms. The van der Waals surface area contributed by atoms with Gasteiger partial charge < -0.3 is 10.1 Å². The minimum Gasteiger partial charge on any atom is -0.496 e. The first-order chi connectivity index (χ1) is 11.2. The summed E-state index contributed by atoms with van der Waals surface area (Å²) in [6.45, 7) is 3.98. The van der Waals surface area contributed by atoms with Gasteiger partial charge in [0, 0.05) is 16.9 Å². The SMILES string of the molecule is COc1ccc(Nc2nc(C)cc(-c3ccccc3)n2)cc1C. The Morgan fingerprint density at radius 2 is 1.70 bits per heavy atom. The van der Waals surface area contributed by atoms with Crippen molar-refractivity contribution in [2.75, 3.05) is 12.4 Å². The number of aromatic nitrogens is 2. The number of ether oxygens (including phenoxy) is 1. The zero-order valence-corrected chi connectivity index (χ0v) is 13.5. The quantitative estimate of drug-likeness (QED) is 0.770. The lowest BCUT2D eigenvalue weighted by Crippen LogP contribution is -2.00. The van der Waals surface area contributed by atoms with Crippen LogP contribution in [0.5, 0.6) is 5.75 Å². The molecular weight excluding hydrogens is 286 g/mol. The summed E-state index contributed by atoms with van der Waals surface area (Å²) in [5.74, 6) is 1.46. The van der Waals surface area contributed by atoms with Gasteiger partial charge in [-0.15, -0.1) is 0 Å². The second kappa shape index (κ2) is 6.48. The highest BCUT2D eigenvalue weighted by molar-refractivity contribution is 5.63. The van der Waals surface area contributed by atoms with Gasteiger partial charge in [-0.2, -0.15) is 0 Å². The van der Waals surface area contributed by atoms with Gasteiger partial charge in [-0.05, 0) is 43.7 Å². The number of hydrogen-bond donors (Lipinski definition) is 1. The van der Waals surface area contributed by atoms with Crippen molar-refractivity contribution in [1.82, 2.24) is 9.97 Å². The number of rotatable bonds is 4. The van der Waals surface area contributed by atoms with Gasteiger partial charge in [-0.1, -0.05) is 30.3 Å². The van der Waals surface area contributed by atoms with E-state index in [1.165, 1.54) is 0 Å². The third-order valence-corrected chi connectivity index (χ3v) is 3.57. The van der Waals surface area contributed by atoms with E-state index < -0.39 is 0 Å². The van der Waals surface area contributed by atoms with Crippen molar-refractivity contribution >= 4 is 11.6 Å². The monoisotopic (exact) mass is 305 g/mol. The molecule has 0 saturated carbocycles. The van der Waals surface area contributed by atoms with E-state index in [1.54, 1.807) is 7.11 Å². The third-order valence-electron chi connectivity index (χ3n) is 3.57. The lowest BCUT2D eigenvalue weighted by molar-refractivity contribution is 0.412. The summed E-state index contributed by atoms with van der Waals surface area (Å²) in [5.41, 5.74) is 4.91. The maximum atomic E-state index is 5.29. The van der Waals surface area contributed by atoms with Crippen LogP contribution in [0, 0.1) is 13.8 Å². The molecule has 4 nitrogen and oxygen atoms in total. The van der Waals surface area contributed by atoms with Crippen molar-refractivity contribution in [3.8, 4) is 17.0 Å². The van der Waals surface area contributed by atoms with Crippen LogP contribution in [0.15, 0.2) is 54.6 Å². The van der Waals surface area contributed by atoms with Crippen LogP contribution in [0.2, 0.25) is 0 Å². The van der Waals surface area contributed by atoms with Crippen molar-refractivity contribution in [3.63, 3.8) is 0 Å². The van der Waals surface area contributed by atoms with Crippen LogP contribution in [-0.4, -0.2) is 17.1 Å². The van der Waals surface area contributed by atoms with Crippen molar-refractivity contribution in [2.45, 2.75) is 13.8 Å². The highest BCUT2D eigenvalue weighted by atomic mass is 16.5. The molecule has 1 N–H and O–H groups in total. The van der Waals surface area contributed by atoms with Gasteiger partial charge >= 0.3 is 0 Å². The molecule has 0 aliphatic heterocycles. The Hall–Kier alpha value is -2.88. The fourth-order valence-electron chi connectivity index (χ4n) is 2.47. The van der Waals surface area contributed by atoms with E-state index in [4.69, 9.17) is 4.74 Å². The fraction of sp³-hybridized carbons (Fsp3) is 0.158. The molecule has 116 valence electrons. The van der Waals surface area contributed by atoms with E-state index in [2.05, 4.69) is 15.3 Å². The second-order valence-electron chi connectivity index (χ2n) is 5.39. The van der Waals surface area contributed by atoms with Crippen LogP contribution < -0.4 is 10.1 Å². The Kier molecular flexibility index (Phi) is 4.24. The minimum atomic E-state index is 0.591. The molecule has 0 saturated heterocycles. The maximum Gasteiger partial charge on any atom is 0.227 e. The van der Waals surface area contributed by atoms with Gasteiger partial charge in [-0.3, -0.25) is 0 Å².